The number of rotatable bonds is 10. The van der Waals surface area contributed by atoms with Crippen LogP contribution in [-0.2, 0) is 9.53 Å². The van der Waals surface area contributed by atoms with Crippen LogP contribution in [0.4, 0.5) is 17.2 Å². The molecule has 1 saturated heterocycles. The van der Waals surface area contributed by atoms with E-state index in [9.17, 15) is 4.79 Å². The molecule has 2 N–H and O–H groups in total. The number of nitrogens with one attached hydrogen (secondary N) is 2. The molecule has 0 aliphatic carbocycles. The third-order valence-electron chi connectivity index (χ3n) is 6.12. The van der Waals surface area contributed by atoms with E-state index in [0.717, 1.165) is 61.8 Å². The van der Waals surface area contributed by atoms with Gasteiger partial charge in [-0.2, -0.15) is 0 Å². The molecule has 9 heteroatoms. The largest absolute Gasteiger partial charge is 0.491 e. The number of ether oxygens (including phenoxy) is 3. The predicted octanol–water partition coefficient (Wildman–Crippen LogP) is 5.23. The van der Waals surface area contributed by atoms with Crippen LogP contribution >= 0.6 is 0 Å². The van der Waals surface area contributed by atoms with Gasteiger partial charge in [0.2, 0.25) is 5.91 Å². The second-order valence-corrected chi connectivity index (χ2v) is 8.99. The molecule has 1 fully saturated rings. The summed E-state index contributed by atoms with van der Waals surface area (Å²) in [6.45, 7) is 6.40. The second kappa shape index (κ2) is 12.4. The summed E-state index contributed by atoms with van der Waals surface area (Å²) in [6.07, 6.45) is 2.38. The van der Waals surface area contributed by atoms with Crippen LogP contribution < -0.4 is 20.1 Å². The summed E-state index contributed by atoms with van der Waals surface area (Å²) in [5, 5.41) is 7.00. The number of benzene rings is 3. The Hall–Kier alpha value is -4.21. The molecular formula is C29H31N5O4. The first-order valence-corrected chi connectivity index (χ1v) is 12.7. The smallest absolute Gasteiger partial charge is 0.221 e. The molecule has 4 aromatic rings. The molecule has 3 aromatic carbocycles. The van der Waals surface area contributed by atoms with Gasteiger partial charge in [-0.25, -0.2) is 9.97 Å². The van der Waals surface area contributed by atoms with Crippen molar-refractivity contribution in [1.29, 1.82) is 0 Å². The minimum atomic E-state index is -0.178. The molecule has 0 saturated carbocycles. The zero-order valence-corrected chi connectivity index (χ0v) is 21.4. The van der Waals surface area contributed by atoms with Gasteiger partial charge in [-0.3, -0.25) is 9.69 Å². The molecule has 0 radical (unpaired) electrons. The van der Waals surface area contributed by atoms with Crippen LogP contribution in [0.3, 0.4) is 0 Å². The average molecular weight is 514 g/mol. The first-order valence-electron chi connectivity index (χ1n) is 12.7. The fraction of sp³-hybridized carbons (Fsp3) is 0.276. The van der Waals surface area contributed by atoms with Crippen LogP contribution in [0.2, 0.25) is 0 Å². The first-order chi connectivity index (χ1) is 18.6. The normalized spacial score (nSPS) is 13.7. The number of nitrogens with zero attached hydrogens (tertiary/aromatic N) is 3. The number of fused-ring (bicyclic) bond motifs is 1. The van der Waals surface area contributed by atoms with Gasteiger partial charge in [0, 0.05) is 43.7 Å². The van der Waals surface area contributed by atoms with Crippen molar-refractivity contribution >= 4 is 34.0 Å². The van der Waals surface area contributed by atoms with Crippen molar-refractivity contribution in [3.8, 4) is 17.2 Å². The van der Waals surface area contributed by atoms with Crippen molar-refractivity contribution < 1.29 is 19.0 Å². The Morgan fingerprint density at radius 2 is 1.76 bits per heavy atom. The van der Waals surface area contributed by atoms with Crippen molar-refractivity contribution in [2.24, 2.45) is 0 Å². The van der Waals surface area contributed by atoms with Crippen LogP contribution in [-0.4, -0.2) is 60.2 Å². The van der Waals surface area contributed by atoms with Crippen molar-refractivity contribution in [2.45, 2.75) is 13.3 Å². The van der Waals surface area contributed by atoms with Gasteiger partial charge in [0.15, 0.2) is 0 Å². The van der Waals surface area contributed by atoms with Gasteiger partial charge in [0.25, 0.3) is 0 Å². The Labute approximate surface area is 221 Å². The van der Waals surface area contributed by atoms with Gasteiger partial charge in [-0.15, -0.1) is 0 Å². The van der Waals surface area contributed by atoms with Crippen LogP contribution in [0.25, 0.3) is 10.9 Å². The fourth-order valence-corrected chi connectivity index (χ4v) is 4.25. The van der Waals surface area contributed by atoms with Crippen LogP contribution in [0.15, 0.2) is 73.1 Å². The zero-order valence-electron chi connectivity index (χ0n) is 21.4. The summed E-state index contributed by atoms with van der Waals surface area (Å²) < 4.78 is 17.4. The summed E-state index contributed by atoms with van der Waals surface area (Å²) in [4.78, 5) is 23.2. The molecule has 9 nitrogen and oxygen atoms in total. The van der Waals surface area contributed by atoms with E-state index in [0.29, 0.717) is 29.4 Å². The highest BCUT2D eigenvalue weighted by Crippen LogP contribution is 2.34. The van der Waals surface area contributed by atoms with Crippen molar-refractivity contribution in [1.82, 2.24) is 14.9 Å². The monoisotopic (exact) mass is 513 g/mol. The van der Waals surface area contributed by atoms with Gasteiger partial charge >= 0.3 is 0 Å². The SMILES string of the molecule is CC(=O)Nc1cc2c(Nc3ccc(Oc4ccccc4)cc3)ncnc2cc1OCCCN1CCOCC1. The number of carbonyl (C=O) groups is 1. The van der Waals surface area contributed by atoms with Gasteiger partial charge in [-0.05, 0) is 48.9 Å². The van der Waals surface area contributed by atoms with Crippen LogP contribution in [0.1, 0.15) is 13.3 Å². The highest BCUT2D eigenvalue weighted by atomic mass is 16.5. The summed E-state index contributed by atoms with van der Waals surface area (Å²) in [5.74, 6) is 2.54. The lowest BCUT2D eigenvalue weighted by molar-refractivity contribution is -0.114. The maximum Gasteiger partial charge on any atom is 0.221 e. The second-order valence-electron chi connectivity index (χ2n) is 8.99. The molecule has 0 unspecified atom stereocenters. The van der Waals surface area contributed by atoms with E-state index in [1.54, 1.807) is 0 Å². The van der Waals surface area contributed by atoms with E-state index in [1.807, 2.05) is 66.7 Å². The lowest BCUT2D eigenvalue weighted by atomic mass is 10.1. The van der Waals surface area contributed by atoms with Crippen molar-refractivity contribution in [3.05, 3.63) is 73.1 Å². The molecular weight excluding hydrogens is 482 g/mol. The Kier molecular flexibility index (Phi) is 8.27. The van der Waals surface area contributed by atoms with E-state index >= 15 is 0 Å². The maximum atomic E-state index is 11.9. The van der Waals surface area contributed by atoms with Crippen LogP contribution in [0, 0.1) is 0 Å². The molecule has 196 valence electrons. The molecule has 0 bridgehead atoms. The number of anilines is 3. The molecule has 1 aliphatic rings. The fourth-order valence-electron chi connectivity index (χ4n) is 4.25. The number of morpholine rings is 1. The first kappa shape index (κ1) is 25.4. The lowest BCUT2D eigenvalue weighted by Gasteiger charge is -2.26. The van der Waals surface area contributed by atoms with Gasteiger partial charge in [0.05, 0.1) is 31.0 Å². The molecule has 38 heavy (non-hydrogen) atoms. The number of hydrogen-bond donors (Lipinski definition) is 2. The lowest BCUT2D eigenvalue weighted by Crippen LogP contribution is -2.37. The van der Waals surface area contributed by atoms with E-state index < -0.39 is 0 Å². The Bertz CT molecular complexity index is 1360. The Balaban J connectivity index is 1.30. The molecule has 5 rings (SSSR count). The third-order valence-corrected chi connectivity index (χ3v) is 6.12. The number of para-hydroxylation sites is 1. The van der Waals surface area contributed by atoms with E-state index in [-0.39, 0.29) is 5.91 Å². The molecule has 0 atom stereocenters. The third kappa shape index (κ3) is 6.76. The summed E-state index contributed by atoms with van der Waals surface area (Å²) >= 11 is 0. The molecule has 2 heterocycles. The standard InChI is InChI=1S/C29H31N5O4/c1-21(35)32-27-18-25-26(19-28(27)37-15-5-12-34-13-16-36-17-14-34)30-20-31-29(25)33-22-8-10-24(11-9-22)38-23-6-3-2-4-7-23/h2-4,6-11,18-20H,5,12-17H2,1H3,(H,32,35)(H,30,31,33). The maximum absolute atomic E-state index is 11.9. The van der Waals surface area contributed by atoms with E-state index in [1.165, 1.54) is 13.3 Å². The number of hydrogen-bond acceptors (Lipinski definition) is 8. The summed E-state index contributed by atoms with van der Waals surface area (Å²) in [6, 6.07) is 21.0. The van der Waals surface area contributed by atoms with Crippen molar-refractivity contribution in [3.63, 3.8) is 0 Å². The van der Waals surface area contributed by atoms with Crippen molar-refractivity contribution in [2.75, 3.05) is 50.1 Å². The Morgan fingerprint density at radius 1 is 1.00 bits per heavy atom. The number of amides is 1. The summed E-state index contributed by atoms with van der Waals surface area (Å²) in [5.41, 5.74) is 2.14. The predicted molar refractivity (Wildman–Crippen MR) is 147 cm³/mol. The number of aromatic nitrogens is 2. The van der Waals surface area contributed by atoms with E-state index in [4.69, 9.17) is 14.2 Å². The molecule has 0 spiro atoms. The highest BCUT2D eigenvalue weighted by molar-refractivity contribution is 5.99. The summed E-state index contributed by atoms with van der Waals surface area (Å²) in [7, 11) is 0. The quantitative estimate of drug-likeness (QED) is 0.279. The van der Waals surface area contributed by atoms with Gasteiger partial charge in [0.1, 0.15) is 29.4 Å². The topological polar surface area (TPSA) is 97.8 Å². The van der Waals surface area contributed by atoms with E-state index in [2.05, 4.69) is 25.5 Å². The minimum Gasteiger partial charge on any atom is -0.491 e. The molecule has 1 aliphatic heterocycles. The average Bonchev–Trinajstić information content (AvgIpc) is 2.93. The molecule has 1 amide bonds. The van der Waals surface area contributed by atoms with Crippen LogP contribution in [0.5, 0.6) is 17.2 Å². The number of carbonyl (C=O) groups excluding carboxylic acids is 1. The Morgan fingerprint density at radius 3 is 2.53 bits per heavy atom. The molecule has 1 aromatic heterocycles. The van der Waals surface area contributed by atoms with Gasteiger partial charge < -0.3 is 24.8 Å². The highest BCUT2D eigenvalue weighted by Gasteiger charge is 2.14. The zero-order chi connectivity index (χ0) is 26.2. The van der Waals surface area contributed by atoms with Gasteiger partial charge in [-0.1, -0.05) is 18.2 Å². The minimum absolute atomic E-state index is 0.178.